The fraction of sp³-hybridized carbons (Fsp3) is 0.353. The summed E-state index contributed by atoms with van der Waals surface area (Å²) in [5, 5.41) is 61.9. The summed E-state index contributed by atoms with van der Waals surface area (Å²) in [6, 6.07) is 28.4. The number of hydrogen-bond donors (Lipinski definition) is 8. The lowest BCUT2D eigenvalue weighted by Crippen LogP contribution is -2.30. The monoisotopic (exact) mass is 859 g/mol. The quantitative estimate of drug-likeness (QED) is 0.0235. The van der Waals surface area contributed by atoms with Crippen molar-refractivity contribution in [2.45, 2.75) is 77.0 Å². The van der Waals surface area contributed by atoms with Crippen LogP contribution < -0.4 is 24.8 Å². The Labute approximate surface area is 369 Å². The van der Waals surface area contributed by atoms with Crippen molar-refractivity contribution in [1.82, 2.24) is 15.6 Å². The smallest absolute Gasteiger partial charge is 0.186 e. The summed E-state index contributed by atoms with van der Waals surface area (Å²) in [5.41, 5.74) is 7.15. The van der Waals surface area contributed by atoms with Gasteiger partial charge in [0.25, 0.3) is 0 Å². The first kappa shape index (κ1) is 46.6. The predicted octanol–water partition coefficient (Wildman–Crippen LogP) is 6.84. The molecule has 0 spiro atoms. The van der Waals surface area contributed by atoms with Crippen LogP contribution in [0.15, 0.2) is 103 Å². The molecule has 6 rings (SSSR count). The van der Waals surface area contributed by atoms with E-state index in [2.05, 4.69) is 46.8 Å². The van der Waals surface area contributed by atoms with Crippen LogP contribution in [0.2, 0.25) is 0 Å². The van der Waals surface area contributed by atoms with E-state index in [1.807, 2.05) is 42.7 Å². The maximum absolute atomic E-state index is 14.8. The molecule has 0 fully saturated rings. The van der Waals surface area contributed by atoms with Crippen LogP contribution in [-0.2, 0) is 43.4 Å². The Balaban J connectivity index is 1.35. The fourth-order valence-corrected chi connectivity index (χ4v) is 8.53. The SMILES string of the molecule is CCc1ccc2ccccc2c1Cc1c(C[C@H](Cc2cc[nH]c2)[C@H](O)CC(=O)[C@H](Cc2ccc(OCO)c(OCNC[C@H](C)O)c2)c2cc(O)cc(CNC)c2)ccc(O)c1OC. The van der Waals surface area contributed by atoms with E-state index < -0.39 is 30.8 Å². The molecule has 4 atom stereocenters. The largest absolute Gasteiger partial charge is 0.508 e. The highest BCUT2D eigenvalue weighted by molar-refractivity contribution is 5.88. The van der Waals surface area contributed by atoms with Crippen molar-refractivity contribution in [1.29, 1.82) is 0 Å². The molecule has 12 heteroatoms. The molecule has 0 amide bonds. The second-order valence-corrected chi connectivity index (χ2v) is 16.2. The van der Waals surface area contributed by atoms with Crippen molar-refractivity contribution >= 4 is 16.6 Å². The van der Waals surface area contributed by atoms with Crippen LogP contribution in [0.3, 0.4) is 0 Å². The number of benzene rings is 5. The van der Waals surface area contributed by atoms with Crippen molar-refractivity contribution in [3.63, 3.8) is 0 Å². The van der Waals surface area contributed by atoms with E-state index in [0.29, 0.717) is 55.2 Å². The lowest BCUT2D eigenvalue weighted by Gasteiger charge is -2.27. The number of rotatable bonds is 24. The fourth-order valence-electron chi connectivity index (χ4n) is 8.53. The summed E-state index contributed by atoms with van der Waals surface area (Å²) in [4.78, 5) is 18.0. The van der Waals surface area contributed by atoms with E-state index in [0.717, 1.165) is 50.6 Å². The number of phenolic OH excluding ortho intramolecular Hbond substituents is 2. The Bertz CT molecular complexity index is 2420. The Morgan fingerprint density at radius 3 is 2.37 bits per heavy atom. The second kappa shape index (κ2) is 22.5. The van der Waals surface area contributed by atoms with Gasteiger partial charge in [-0.3, -0.25) is 10.1 Å². The molecule has 8 N–H and O–H groups in total. The molecule has 0 radical (unpaired) electrons. The number of nitrogens with one attached hydrogen (secondary N) is 3. The van der Waals surface area contributed by atoms with Gasteiger partial charge in [0.15, 0.2) is 29.8 Å². The number of carbonyl (C=O) groups excluding carboxylic acids is 1. The third-order valence-electron chi connectivity index (χ3n) is 11.6. The number of methoxy groups -OCH3 is 1. The zero-order valence-corrected chi connectivity index (χ0v) is 36.6. The molecular formula is C51H61N3O9. The molecule has 1 aromatic heterocycles. The number of Topliss-reactive ketones (excluding diaryl/α,β-unsaturated/α-hetero) is 1. The van der Waals surface area contributed by atoms with E-state index in [1.54, 1.807) is 57.5 Å². The van der Waals surface area contributed by atoms with Crippen molar-refractivity contribution in [3.8, 4) is 28.7 Å². The summed E-state index contributed by atoms with van der Waals surface area (Å²) < 4.78 is 17.3. The molecule has 0 unspecified atom stereocenters. The van der Waals surface area contributed by atoms with Gasteiger partial charge in [0.1, 0.15) is 18.3 Å². The van der Waals surface area contributed by atoms with Crippen LogP contribution in [0, 0.1) is 5.92 Å². The van der Waals surface area contributed by atoms with Gasteiger partial charge in [0.05, 0.1) is 19.3 Å². The Morgan fingerprint density at radius 1 is 0.825 bits per heavy atom. The Kier molecular flexibility index (Phi) is 16.6. The van der Waals surface area contributed by atoms with E-state index in [4.69, 9.17) is 14.2 Å². The van der Waals surface area contributed by atoms with E-state index in [1.165, 1.54) is 5.56 Å². The van der Waals surface area contributed by atoms with Crippen LogP contribution >= 0.6 is 0 Å². The standard InChI is InChI=1S/C51H61N3O9/c1-5-36-11-12-37-8-6-7-9-42(37)43(36)25-45-38(13-14-46(58)51(45)61-4)23-40(18-34-16-17-53-29-34)47(59)26-48(60)44(39-19-35(28-52-3)20-41(57)24-39)21-33-10-15-49(63-31-55)50(22-33)62-30-54-27-32(2)56/h6-17,19-20,22,24,29,32,40,44,47,52-59H,5,18,21,23,25-28,30-31H2,1-4H3/t32-,40-,44+,47+/m0/s1. The van der Waals surface area contributed by atoms with Gasteiger partial charge in [-0.1, -0.05) is 61.5 Å². The van der Waals surface area contributed by atoms with Gasteiger partial charge in [0, 0.05) is 49.8 Å². The van der Waals surface area contributed by atoms with Crippen molar-refractivity contribution in [2.24, 2.45) is 5.92 Å². The topological polar surface area (TPSA) is 186 Å². The molecule has 334 valence electrons. The van der Waals surface area contributed by atoms with Gasteiger partial charge in [0.2, 0.25) is 0 Å². The third-order valence-corrected chi connectivity index (χ3v) is 11.6. The number of fused-ring (bicyclic) bond motifs is 1. The Morgan fingerprint density at radius 2 is 1.63 bits per heavy atom. The molecule has 0 bridgehead atoms. The van der Waals surface area contributed by atoms with E-state index in [-0.39, 0.29) is 36.9 Å². The average Bonchev–Trinajstić information content (AvgIpc) is 3.79. The normalized spacial score (nSPS) is 13.4. The molecule has 6 aromatic rings. The predicted molar refractivity (Wildman–Crippen MR) is 245 cm³/mol. The van der Waals surface area contributed by atoms with Crippen molar-refractivity contribution in [3.05, 3.63) is 148 Å². The summed E-state index contributed by atoms with van der Waals surface area (Å²) in [6.07, 6.45) is 4.26. The number of ketones is 1. The van der Waals surface area contributed by atoms with Gasteiger partial charge in [-0.15, -0.1) is 0 Å². The number of carbonyl (C=O) groups is 1. The Hall–Kier alpha value is -5.89. The lowest BCUT2D eigenvalue weighted by molar-refractivity contribution is -0.123. The number of aryl methyl sites for hydroxylation is 1. The summed E-state index contributed by atoms with van der Waals surface area (Å²) in [6.45, 7) is 4.04. The van der Waals surface area contributed by atoms with E-state index in [9.17, 15) is 30.3 Å². The van der Waals surface area contributed by atoms with Crippen LogP contribution in [-0.4, -0.2) is 82.7 Å². The maximum atomic E-state index is 14.8. The van der Waals surface area contributed by atoms with Crippen LogP contribution in [0.4, 0.5) is 0 Å². The first-order valence-corrected chi connectivity index (χ1v) is 21.6. The van der Waals surface area contributed by atoms with Gasteiger partial charge >= 0.3 is 0 Å². The minimum Gasteiger partial charge on any atom is -0.508 e. The molecule has 0 saturated carbocycles. The minimum atomic E-state index is -1.08. The number of aliphatic hydroxyl groups is 3. The van der Waals surface area contributed by atoms with Crippen molar-refractivity contribution in [2.75, 3.05) is 34.2 Å². The molecular weight excluding hydrogens is 799 g/mol. The number of aromatic amines is 1. The van der Waals surface area contributed by atoms with Gasteiger partial charge in [-0.2, -0.15) is 0 Å². The summed E-state index contributed by atoms with van der Waals surface area (Å²) in [7, 11) is 3.36. The third kappa shape index (κ3) is 12.2. The molecule has 0 aliphatic carbocycles. The molecule has 1 heterocycles. The van der Waals surface area contributed by atoms with Crippen LogP contribution in [0.1, 0.15) is 70.7 Å². The van der Waals surface area contributed by atoms with Gasteiger partial charge in [-0.25, -0.2) is 0 Å². The minimum absolute atomic E-state index is 0.0209. The molecule has 12 nitrogen and oxygen atoms in total. The van der Waals surface area contributed by atoms with Crippen LogP contribution in [0.5, 0.6) is 28.7 Å². The first-order valence-electron chi connectivity index (χ1n) is 21.6. The number of ether oxygens (including phenoxy) is 3. The molecule has 0 aliphatic rings. The van der Waals surface area contributed by atoms with E-state index >= 15 is 0 Å². The molecule has 63 heavy (non-hydrogen) atoms. The number of phenols is 2. The molecule has 0 saturated heterocycles. The summed E-state index contributed by atoms with van der Waals surface area (Å²) >= 11 is 0. The highest BCUT2D eigenvalue weighted by atomic mass is 16.6. The zero-order chi connectivity index (χ0) is 44.9. The highest BCUT2D eigenvalue weighted by Gasteiger charge is 2.30. The molecule has 0 aliphatic heterocycles. The van der Waals surface area contributed by atoms with Crippen LogP contribution in [0.25, 0.3) is 10.8 Å². The first-order chi connectivity index (χ1) is 30.5. The maximum Gasteiger partial charge on any atom is 0.186 e. The lowest BCUT2D eigenvalue weighted by atomic mass is 9.80. The molecule has 5 aromatic carbocycles. The second-order valence-electron chi connectivity index (χ2n) is 16.2. The number of aromatic nitrogens is 1. The number of aromatic hydroxyl groups is 2. The van der Waals surface area contributed by atoms with Crippen molar-refractivity contribution < 1.29 is 44.5 Å². The van der Waals surface area contributed by atoms with Gasteiger partial charge < -0.3 is 50.0 Å². The number of hydrogen-bond acceptors (Lipinski definition) is 11. The highest BCUT2D eigenvalue weighted by Crippen LogP contribution is 2.39. The summed E-state index contributed by atoms with van der Waals surface area (Å²) in [5.74, 6) is -0.352. The van der Waals surface area contributed by atoms with Gasteiger partial charge in [-0.05, 0) is 132 Å². The number of H-pyrrole nitrogens is 1. The number of aliphatic hydroxyl groups excluding tert-OH is 3. The average molecular weight is 860 g/mol. The zero-order valence-electron chi connectivity index (χ0n) is 36.6.